The molecule has 3 aromatic carbocycles. The van der Waals surface area contributed by atoms with E-state index in [1.165, 1.54) is 11.3 Å². The highest BCUT2D eigenvalue weighted by Crippen LogP contribution is 2.30. The molecule has 0 aliphatic heterocycles. The lowest BCUT2D eigenvalue weighted by Gasteiger charge is -2.20. The lowest BCUT2D eigenvalue weighted by Crippen LogP contribution is -2.29. The van der Waals surface area contributed by atoms with Crippen molar-refractivity contribution in [1.29, 1.82) is 0 Å². The van der Waals surface area contributed by atoms with Crippen molar-refractivity contribution in [1.82, 2.24) is 10.3 Å². The lowest BCUT2D eigenvalue weighted by atomic mass is 9.98. The third-order valence-corrected chi connectivity index (χ3v) is 5.78. The largest absolute Gasteiger partial charge is 0.493 e. The number of benzene rings is 3. The summed E-state index contributed by atoms with van der Waals surface area (Å²) in [6.07, 6.45) is 0. The predicted octanol–water partition coefficient (Wildman–Crippen LogP) is 5.90. The molecular weight excluding hydrogens is 444 g/mol. The zero-order valence-corrected chi connectivity index (χ0v) is 18.9. The molecule has 32 heavy (non-hydrogen) atoms. The van der Waals surface area contributed by atoms with Gasteiger partial charge in [-0.3, -0.25) is 4.79 Å². The average Bonchev–Trinajstić information content (AvgIpc) is 3.36. The highest BCUT2D eigenvalue weighted by Gasteiger charge is 2.19. The van der Waals surface area contributed by atoms with Crippen LogP contribution in [0, 0.1) is 0 Å². The summed E-state index contributed by atoms with van der Waals surface area (Å²) < 4.78 is 11.3. The second-order valence-corrected chi connectivity index (χ2v) is 8.16. The smallest absolute Gasteiger partial charge is 0.252 e. The van der Waals surface area contributed by atoms with Crippen LogP contribution in [0.5, 0.6) is 11.5 Å². The van der Waals surface area contributed by atoms with Crippen LogP contribution < -0.4 is 14.8 Å². The molecule has 0 saturated heterocycles. The summed E-state index contributed by atoms with van der Waals surface area (Å²) in [5, 5.41) is 5.69. The highest BCUT2D eigenvalue weighted by atomic mass is 35.5. The topological polar surface area (TPSA) is 60.5 Å². The second kappa shape index (κ2) is 10.3. The van der Waals surface area contributed by atoms with E-state index in [-0.39, 0.29) is 11.9 Å². The van der Waals surface area contributed by atoms with Gasteiger partial charge in [-0.2, -0.15) is 0 Å². The Morgan fingerprint density at radius 3 is 2.47 bits per heavy atom. The number of hydrogen-bond donors (Lipinski definition) is 1. The van der Waals surface area contributed by atoms with Crippen molar-refractivity contribution in [2.24, 2.45) is 0 Å². The molecule has 0 fully saturated rings. The zero-order valence-electron chi connectivity index (χ0n) is 17.3. The summed E-state index contributed by atoms with van der Waals surface area (Å²) in [5.74, 6) is 0.808. The maximum atomic E-state index is 13.2. The van der Waals surface area contributed by atoms with Gasteiger partial charge in [0.05, 0.1) is 24.4 Å². The van der Waals surface area contributed by atoms with Crippen LogP contribution in [0.15, 0.2) is 83.7 Å². The van der Waals surface area contributed by atoms with Crippen LogP contribution in [0.4, 0.5) is 0 Å². The number of carbonyl (C=O) groups excluding carboxylic acids is 1. The number of halogens is 1. The number of nitrogens with zero attached hydrogens (tertiary/aromatic N) is 1. The molecule has 1 amide bonds. The van der Waals surface area contributed by atoms with E-state index in [9.17, 15) is 4.79 Å². The molecule has 0 aliphatic carbocycles. The molecule has 1 aromatic heterocycles. The maximum absolute atomic E-state index is 13.2. The Bertz CT molecular complexity index is 1170. The van der Waals surface area contributed by atoms with E-state index >= 15 is 0 Å². The van der Waals surface area contributed by atoms with Gasteiger partial charge in [0.25, 0.3) is 5.91 Å². The summed E-state index contributed by atoms with van der Waals surface area (Å²) in [7, 11) is 1.55. The van der Waals surface area contributed by atoms with E-state index in [1.54, 1.807) is 30.8 Å². The number of methoxy groups -OCH3 is 1. The Morgan fingerprint density at radius 1 is 1.03 bits per heavy atom. The van der Waals surface area contributed by atoms with Crippen molar-refractivity contribution in [3.8, 4) is 11.5 Å². The van der Waals surface area contributed by atoms with Crippen molar-refractivity contribution in [2.45, 2.75) is 12.6 Å². The maximum Gasteiger partial charge on any atom is 0.252 e. The quantitative estimate of drug-likeness (QED) is 0.352. The van der Waals surface area contributed by atoms with Crippen LogP contribution in [0.3, 0.4) is 0 Å². The first kappa shape index (κ1) is 21.9. The average molecular weight is 465 g/mol. The van der Waals surface area contributed by atoms with Crippen LogP contribution in [-0.4, -0.2) is 18.0 Å². The predicted molar refractivity (Wildman–Crippen MR) is 127 cm³/mol. The molecule has 1 N–H and O–H groups in total. The van der Waals surface area contributed by atoms with E-state index in [0.717, 1.165) is 16.8 Å². The molecule has 7 heteroatoms. The third kappa shape index (κ3) is 5.28. The minimum atomic E-state index is -0.326. The van der Waals surface area contributed by atoms with Gasteiger partial charge in [-0.1, -0.05) is 54.1 Å². The first-order valence-corrected chi connectivity index (χ1v) is 11.3. The summed E-state index contributed by atoms with van der Waals surface area (Å²) in [6, 6.07) is 22.1. The van der Waals surface area contributed by atoms with Crippen LogP contribution in [-0.2, 0) is 6.61 Å². The number of nitrogens with one attached hydrogen (secondary N) is 1. The lowest BCUT2D eigenvalue weighted by molar-refractivity contribution is 0.0942. The molecule has 5 nitrogen and oxygen atoms in total. The van der Waals surface area contributed by atoms with Crippen molar-refractivity contribution in [2.75, 3.05) is 7.11 Å². The molecule has 1 heterocycles. The Labute approximate surface area is 195 Å². The number of thiazole rings is 1. The fraction of sp³-hybridized carbons (Fsp3) is 0.120. The summed E-state index contributed by atoms with van der Waals surface area (Å²) in [4.78, 5) is 17.4. The molecule has 1 unspecified atom stereocenters. The minimum Gasteiger partial charge on any atom is -0.493 e. The van der Waals surface area contributed by atoms with E-state index in [4.69, 9.17) is 21.1 Å². The van der Waals surface area contributed by atoms with Crippen LogP contribution in [0.2, 0.25) is 5.02 Å². The van der Waals surface area contributed by atoms with Crippen molar-refractivity contribution in [3.05, 3.63) is 111 Å². The van der Waals surface area contributed by atoms with Gasteiger partial charge in [-0.15, -0.1) is 11.3 Å². The standard InChI is InChI=1S/C25H21ClN2O3S/c1-30-23-13-19(9-12-22(23)31-14-21-15-32-16-27-21)25(29)28-24(17-5-3-2-4-6-17)18-7-10-20(26)11-8-18/h2-13,15-16,24H,14H2,1H3,(H,28,29). The number of amides is 1. The molecule has 0 aliphatic rings. The fourth-order valence-electron chi connectivity index (χ4n) is 3.26. The van der Waals surface area contributed by atoms with Gasteiger partial charge in [0.15, 0.2) is 11.5 Å². The highest BCUT2D eigenvalue weighted by molar-refractivity contribution is 7.07. The van der Waals surface area contributed by atoms with Gasteiger partial charge in [0.1, 0.15) is 6.61 Å². The van der Waals surface area contributed by atoms with Crippen molar-refractivity contribution in [3.63, 3.8) is 0 Å². The van der Waals surface area contributed by atoms with Gasteiger partial charge in [-0.05, 0) is 41.5 Å². The summed E-state index contributed by atoms with van der Waals surface area (Å²) in [6.45, 7) is 0.331. The van der Waals surface area contributed by atoms with Gasteiger partial charge in [0.2, 0.25) is 0 Å². The minimum absolute atomic E-state index is 0.224. The molecule has 0 spiro atoms. The van der Waals surface area contributed by atoms with Crippen LogP contribution in [0.25, 0.3) is 0 Å². The normalized spacial score (nSPS) is 11.6. The number of carbonyl (C=O) groups is 1. The second-order valence-electron chi connectivity index (χ2n) is 7.00. The fourth-order valence-corrected chi connectivity index (χ4v) is 3.93. The first-order chi connectivity index (χ1) is 15.6. The van der Waals surface area contributed by atoms with Crippen molar-refractivity contribution < 1.29 is 14.3 Å². The van der Waals surface area contributed by atoms with Crippen LogP contribution >= 0.6 is 22.9 Å². The van der Waals surface area contributed by atoms with E-state index in [1.807, 2.05) is 60.0 Å². The Hall–Kier alpha value is -3.35. The van der Waals surface area contributed by atoms with E-state index in [2.05, 4.69) is 10.3 Å². The number of rotatable bonds is 8. The van der Waals surface area contributed by atoms with Crippen LogP contribution in [0.1, 0.15) is 33.2 Å². The molecular formula is C25H21ClN2O3S. The summed E-state index contributed by atoms with van der Waals surface area (Å²) >= 11 is 7.57. The van der Waals surface area contributed by atoms with Gasteiger partial charge in [0, 0.05) is 16.0 Å². The molecule has 0 bridgehead atoms. The molecule has 1 atom stereocenters. The molecule has 4 rings (SSSR count). The molecule has 0 radical (unpaired) electrons. The monoisotopic (exact) mass is 464 g/mol. The number of hydrogen-bond acceptors (Lipinski definition) is 5. The number of ether oxygens (including phenoxy) is 2. The number of aromatic nitrogens is 1. The molecule has 162 valence electrons. The Balaban J connectivity index is 1.55. The summed E-state index contributed by atoms with van der Waals surface area (Å²) in [5.41, 5.74) is 4.97. The van der Waals surface area contributed by atoms with Crippen molar-refractivity contribution >= 4 is 28.8 Å². The Kier molecular flexibility index (Phi) is 7.04. The molecule has 4 aromatic rings. The first-order valence-electron chi connectivity index (χ1n) is 9.93. The SMILES string of the molecule is COc1cc(C(=O)NC(c2ccccc2)c2ccc(Cl)cc2)ccc1OCc1cscn1. The van der Waals surface area contributed by atoms with E-state index in [0.29, 0.717) is 28.7 Å². The van der Waals surface area contributed by atoms with Gasteiger partial charge >= 0.3 is 0 Å². The Morgan fingerprint density at radius 2 is 1.78 bits per heavy atom. The third-order valence-electron chi connectivity index (χ3n) is 4.90. The zero-order chi connectivity index (χ0) is 22.3. The van der Waals surface area contributed by atoms with Gasteiger partial charge < -0.3 is 14.8 Å². The molecule has 0 saturated carbocycles. The van der Waals surface area contributed by atoms with Gasteiger partial charge in [-0.25, -0.2) is 4.98 Å². The van der Waals surface area contributed by atoms with E-state index < -0.39 is 0 Å².